The van der Waals surface area contributed by atoms with Crippen LogP contribution in [0.3, 0.4) is 0 Å². The molecule has 0 saturated carbocycles. The standard InChI is InChI=1S/C18H22FN3O3/c1-10(2)24-17-8-11-14(7-12(17)18(20)23)22-6-4-15(11)25-16-3-5-21-9-13(16)19/h4,6-8,10,13,16,21H,3,5,9H2,1-2H3,(H2,20,23)/t13-,16-/m0/s1. The van der Waals surface area contributed by atoms with E-state index in [0.717, 1.165) is 0 Å². The van der Waals surface area contributed by atoms with Crippen molar-refractivity contribution in [2.45, 2.75) is 38.6 Å². The average molecular weight is 347 g/mol. The van der Waals surface area contributed by atoms with Crippen molar-refractivity contribution in [2.24, 2.45) is 5.73 Å². The maximum absolute atomic E-state index is 14.1. The van der Waals surface area contributed by atoms with Gasteiger partial charge >= 0.3 is 0 Å². The Morgan fingerprint density at radius 1 is 1.40 bits per heavy atom. The van der Waals surface area contributed by atoms with E-state index in [1.165, 1.54) is 0 Å². The second kappa shape index (κ2) is 7.23. The van der Waals surface area contributed by atoms with Gasteiger partial charge in [-0.3, -0.25) is 9.78 Å². The first kappa shape index (κ1) is 17.4. The fraction of sp³-hybridized carbons (Fsp3) is 0.444. The van der Waals surface area contributed by atoms with Crippen LogP contribution in [0.1, 0.15) is 30.6 Å². The van der Waals surface area contributed by atoms with E-state index in [0.29, 0.717) is 35.4 Å². The Kier molecular flexibility index (Phi) is 5.03. The van der Waals surface area contributed by atoms with Crippen LogP contribution in [-0.2, 0) is 0 Å². The van der Waals surface area contributed by atoms with E-state index in [4.69, 9.17) is 15.2 Å². The lowest BCUT2D eigenvalue weighted by Crippen LogP contribution is -2.44. The number of nitrogens with two attached hydrogens (primary N) is 1. The first-order valence-electron chi connectivity index (χ1n) is 8.36. The number of aromatic nitrogens is 1. The van der Waals surface area contributed by atoms with E-state index in [1.54, 1.807) is 24.4 Å². The van der Waals surface area contributed by atoms with Gasteiger partial charge in [-0.1, -0.05) is 0 Å². The summed E-state index contributed by atoms with van der Waals surface area (Å²) < 4.78 is 25.7. The molecule has 1 fully saturated rings. The van der Waals surface area contributed by atoms with Crippen molar-refractivity contribution in [3.63, 3.8) is 0 Å². The molecule has 1 saturated heterocycles. The lowest BCUT2D eigenvalue weighted by Gasteiger charge is -2.27. The van der Waals surface area contributed by atoms with Crippen molar-refractivity contribution >= 4 is 16.8 Å². The van der Waals surface area contributed by atoms with Gasteiger partial charge in [-0.15, -0.1) is 0 Å². The molecule has 3 N–H and O–H groups in total. The maximum atomic E-state index is 14.1. The Morgan fingerprint density at radius 3 is 2.88 bits per heavy atom. The van der Waals surface area contributed by atoms with Crippen molar-refractivity contribution in [1.82, 2.24) is 10.3 Å². The molecule has 1 aromatic carbocycles. The summed E-state index contributed by atoms with van der Waals surface area (Å²) in [6.07, 6.45) is 0.431. The van der Waals surface area contributed by atoms with Crippen LogP contribution >= 0.6 is 0 Å². The summed E-state index contributed by atoms with van der Waals surface area (Å²) in [7, 11) is 0. The molecule has 0 radical (unpaired) electrons. The van der Waals surface area contributed by atoms with E-state index in [2.05, 4.69) is 10.3 Å². The summed E-state index contributed by atoms with van der Waals surface area (Å²) in [4.78, 5) is 16.0. The molecule has 0 unspecified atom stereocenters. The summed E-state index contributed by atoms with van der Waals surface area (Å²) in [5, 5.41) is 3.66. The Hall–Kier alpha value is -2.41. The number of halogens is 1. The molecule has 0 aliphatic carbocycles. The van der Waals surface area contributed by atoms with Gasteiger partial charge in [0.1, 0.15) is 23.8 Å². The zero-order chi connectivity index (χ0) is 18.0. The third-order valence-electron chi connectivity index (χ3n) is 4.06. The van der Waals surface area contributed by atoms with E-state index in [9.17, 15) is 9.18 Å². The number of primary amides is 1. The zero-order valence-electron chi connectivity index (χ0n) is 14.3. The molecule has 2 atom stereocenters. The predicted octanol–water partition coefficient (Wildman–Crippen LogP) is 2.20. The molecule has 3 rings (SSSR count). The minimum atomic E-state index is -1.08. The molecular formula is C18H22FN3O3. The Labute approximate surface area is 145 Å². The van der Waals surface area contributed by atoms with Gasteiger partial charge in [0, 0.05) is 18.1 Å². The first-order valence-corrected chi connectivity index (χ1v) is 8.36. The molecule has 6 nitrogen and oxygen atoms in total. The minimum absolute atomic E-state index is 0.128. The topological polar surface area (TPSA) is 86.5 Å². The number of carbonyl (C=O) groups is 1. The number of pyridine rings is 1. The fourth-order valence-electron chi connectivity index (χ4n) is 2.89. The number of hydrogen-bond acceptors (Lipinski definition) is 5. The first-order chi connectivity index (χ1) is 12.0. The van der Waals surface area contributed by atoms with Crippen LogP contribution in [0.15, 0.2) is 24.4 Å². The van der Waals surface area contributed by atoms with Crippen LogP contribution in [0, 0.1) is 0 Å². The molecule has 0 spiro atoms. The molecule has 134 valence electrons. The SMILES string of the molecule is CC(C)Oc1cc2c(O[C@H]3CCNC[C@@H]3F)ccnc2cc1C(N)=O. The van der Waals surface area contributed by atoms with Crippen molar-refractivity contribution in [1.29, 1.82) is 0 Å². The molecule has 25 heavy (non-hydrogen) atoms. The normalized spacial score (nSPS) is 20.6. The predicted molar refractivity (Wildman–Crippen MR) is 92.8 cm³/mol. The van der Waals surface area contributed by atoms with Gasteiger partial charge in [-0.25, -0.2) is 4.39 Å². The highest BCUT2D eigenvalue weighted by molar-refractivity contribution is 6.01. The summed E-state index contributed by atoms with van der Waals surface area (Å²) in [6, 6.07) is 4.96. The minimum Gasteiger partial charge on any atom is -0.490 e. The van der Waals surface area contributed by atoms with Gasteiger partial charge in [0.05, 0.1) is 17.2 Å². The lowest BCUT2D eigenvalue weighted by atomic mass is 10.1. The second-order valence-corrected chi connectivity index (χ2v) is 6.37. The summed E-state index contributed by atoms with van der Waals surface area (Å²) in [5.74, 6) is 0.298. The molecule has 1 aromatic heterocycles. The maximum Gasteiger partial charge on any atom is 0.252 e. The molecule has 0 bridgehead atoms. The third kappa shape index (κ3) is 3.82. The number of piperidine rings is 1. The summed E-state index contributed by atoms with van der Waals surface area (Å²) >= 11 is 0. The van der Waals surface area contributed by atoms with Crippen LogP contribution in [-0.4, -0.2) is 42.4 Å². The fourth-order valence-corrected chi connectivity index (χ4v) is 2.89. The van der Waals surface area contributed by atoms with Crippen LogP contribution in [0.5, 0.6) is 11.5 Å². The summed E-state index contributed by atoms with van der Waals surface area (Å²) in [5.41, 5.74) is 6.26. The van der Waals surface area contributed by atoms with E-state index >= 15 is 0 Å². The van der Waals surface area contributed by atoms with Crippen molar-refractivity contribution < 1.29 is 18.7 Å². The molecule has 2 aromatic rings. The van der Waals surface area contributed by atoms with Crippen LogP contribution < -0.4 is 20.5 Å². The highest BCUT2D eigenvalue weighted by atomic mass is 19.1. The number of nitrogens with one attached hydrogen (secondary N) is 1. The van der Waals surface area contributed by atoms with Crippen LogP contribution in [0.4, 0.5) is 4.39 Å². The Bertz CT molecular complexity index is 781. The molecule has 1 aliphatic heterocycles. The smallest absolute Gasteiger partial charge is 0.252 e. The average Bonchev–Trinajstić information content (AvgIpc) is 2.56. The number of ether oxygens (including phenoxy) is 2. The molecular weight excluding hydrogens is 325 g/mol. The van der Waals surface area contributed by atoms with Gasteiger partial charge in [0.2, 0.25) is 0 Å². The third-order valence-corrected chi connectivity index (χ3v) is 4.06. The van der Waals surface area contributed by atoms with Crippen LogP contribution in [0.2, 0.25) is 0 Å². The van der Waals surface area contributed by atoms with E-state index in [1.807, 2.05) is 13.8 Å². The van der Waals surface area contributed by atoms with Gasteiger partial charge in [0.15, 0.2) is 0 Å². The highest BCUT2D eigenvalue weighted by Crippen LogP contribution is 2.32. The molecule has 1 aliphatic rings. The number of fused-ring (bicyclic) bond motifs is 1. The van der Waals surface area contributed by atoms with Crippen molar-refractivity contribution in [3.8, 4) is 11.5 Å². The Balaban J connectivity index is 2.02. The number of nitrogens with zero attached hydrogens (tertiary/aromatic N) is 1. The lowest BCUT2D eigenvalue weighted by molar-refractivity contribution is 0.0743. The molecule has 7 heteroatoms. The number of benzene rings is 1. The zero-order valence-corrected chi connectivity index (χ0v) is 14.3. The number of rotatable bonds is 5. The van der Waals surface area contributed by atoms with E-state index < -0.39 is 18.2 Å². The van der Waals surface area contributed by atoms with Gasteiger partial charge < -0.3 is 20.5 Å². The van der Waals surface area contributed by atoms with Gasteiger partial charge in [-0.05, 0) is 45.0 Å². The monoisotopic (exact) mass is 347 g/mol. The van der Waals surface area contributed by atoms with Gasteiger partial charge in [-0.2, -0.15) is 0 Å². The number of carbonyl (C=O) groups excluding carboxylic acids is 1. The molecule has 1 amide bonds. The van der Waals surface area contributed by atoms with Crippen LogP contribution in [0.25, 0.3) is 10.9 Å². The van der Waals surface area contributed by atoms with Gasteiger partial charge in [0.25, 0.3) is 5.91 Å². The second-order valence-electron chi connectivity index (χ2n) is 6.37. The highest BCUT2D eigenvalue weighted by Gasteiger charge is 2.27. The number of hydrogen-bond donors (Lipinski definition) is 2. The quantitative estimate of drug-likeness (QED) is 0.866. The van der Waals surface area contributed by atoms with Crippen molar-refractivity contribution in [2.75, 3.05) is 13.1 Å². The van der Waals surface area contributed by atoms with Crippen molar-refractivity contribution in [3.05, 3.63) is 30.0 Å². The summed E-state index contributed by atoms with van der Waals surface area (Å²) in [6.45, 7) is 4.71. The molecule has 2 heterocycles. The Morgan fingerprint density at radius 2 is 2.20 bits per heavy atom. The number of alkyl halides is 1. The number of amides is 1. The largest absolute Gasteiger partial charge is 0.490 e. The van der Waals surface area contributed by atoms with E-state index in [-0.39, 0.29) is 18.2 Å².